The van der Waals surface area contributed by atoms with Gasteiger partial charge in [0.25, 0.3) is 5.91 Å². The van der Waals surface area contributed by atoms with Gasteiger partial charge in [0.2, 0.25) is 0 Å². The van der Waals surface area contributed by atoms with E-state index in [0.29, 0.717) is 10.7 Å². The molecule has 0 N–H and O–H groups in total. The van der Waals surface area contributed by atoms with Gasteiger partial charge in [-0.05, 0) is 6.07 Å². The number of halogens is 2. The van der Waals surface area contributed by atoms with Crippen LogP contribution in [0.4, 0.5) is 8.78 Å². The average molecular weight is 346 g/mol. The van der Waals surface area contributed by atoms with Crippen molar-refractivity contribution in [2.75, 3.05) is 7.05 Å². The summed E-state index contributed by atoms with van der Waals surface area (Å²) in [5, 5.41) is 2.19. The van der Waals surface area contributed by atoms with Crippen LogP contribution >= 0.6 is 11.3 Å². The summed E-state index contributed by atoms with van der Waals surface area (Å²) in [6.45, 7) is 0.0168. The molecule has 0 saturated carbocycles. The highest BCUT2D eigenvalue weighted by Crippen LogP contribution is 2.22. The molecule has 0 bridgehead atoms. The predicted octanol–water partition coefficient (Wildman–Crippen LogP) is 3.15. The largest absolute Gasteiger partial charge is 0.336 e. The van der Waals surface area contributed by atoms with Crippen molar-refractivity contribution in [3.63, 3.8) is 0 Å². The summed E-state index contributed by atoms with van der Waals surface area (Å²) in [6, 6.07) is 3.27. The fourth-order valence-corrected chi connectivity index (χ4v) is 2.83. The molecule has 1 amide bonds. The van der Waals surface area contributed by atoms with Crippen molar-refractivity contribution in [1.82, 2.24) is 19.9 Å². The van der Waals surface area contributed by atoms with Gasteiger partial charge in [0.1, 0.15) is 28.0 Å². The minimum absolute atomic E-state index is 0.0168. The topological polar surface area (TPSA) is 59.0 Å². The number of rotatable bonds is 4. The summed E-state index contributed by atoms with van der Waals surface area (Å²) in [6.07, 6.45) is 4.65. The van der Waals surface area contributed by atoms with Crippen LogP contribution in [0.2, 0.25) is 0 Å². The number of carbonyl (C=O) groups is 1. The molecule has 0 atom stereocenters. The molecule has 0 aliphatic rings. The highest BCUT2D eigenvalue weighted by atomic mass is 32.1. The minimum atomic E-state index is -0.687. The Labute approximate surface area is 140 Å². The number of hydrogen-bond donors (Lipinski definition) is 0. The van der Waals surface area contributed by atoms with Gasteiger partial charge in [-0.1, -0.05) is 6.07 Å². The second-order valence-electron chi connectivity index (χ2n) is 5.03. The van der Waals surface area contributed by atoms with Crippen molar-refractivity contribution in [1.29, 1.82) is 0 Å². The van der Waals surface area contributed by atoms with Crippen molar-refractivity contribution < 1.29 is 13.6 Å². The Morgan fingerprint density at radius 1 is 1.29 bits per heavy atom. The van der Waals surface area contributed by atoms with Crippen molar-refractivity contribution in [2.24, 2.45) is 0 Å². The SMILES string of the molecule is CN(Cc1ccc(F)cc1F)C(=O)c1csc(-c2cnccn2)n1. The molecule has 0 unspecified atom stereocenters. The average Bonchev–Trinajstić information content (AvgIpc) is 3.07. The van der Waals surface area contributed by atoms with Crippen molar-refractivity contribution in [3.8, 4) is 10.7 Å². The van der Waals surface area contributed by atoms with Crippen LogP contribution in [0.3, 0.4) is 0 Å². The van der Waals surface area contributed by atoms with E-state index in [9.17, 15) is 13.6 Å². The number of benzene rings is 1. The van der Waals surface area contributed by atoms with Gasteiger partial charge in [-0.2, -0.15) is 0 Å². The van der Waals surface area contributed by atoms with Crippen molar-refractivity contribution in [2.45, 2.75) is 6.54 Å². The molecule has 5 nitrogen and oxygen atoms in total. The van der Waals surface area contributed by atoms with E-state index in [4.69, 9.17) is 0 Å². The molecule has 1 aromatic carbocycles. The second-order valence-corrected chi connectivity index (χ2v) is 5.88. The number of carbonyl (C=O) groups excluding carboxylic acids is 1. The van der Waals surface area contributed by atoms with Crippen LogP contribution in [0.25, 0.3) is 10.7 Å². The van der Waals surface area contributed by atoms with E-state index in [1.165, 1.54) is 29.4 Å². The Bertz CT molecular complexity index is 870. The van der Waals surface area contributed by atoms with Gasteiger partial charge in [0, 0.05) is 43.0 Å². The molecule has 0 radical (unpaired) electrons. The lowest BCUT2D eigenvalue weighted by Crippen LogP contribution is -2.27. The fourth-order valence-electron chi connectivity index (χ4n) is 2.07. The smallest absolute Gasteiger partial charge is 0.273 e. The normalized spacial score (nSPS) is 10.6. The Kier molecular flexibility index (Phi) is 4.57. The lowest BCUT2D eigenvalue weighted by Gasteiger charge is -2.16. The van der Waals surface area contributed by atoms with E-state index in [0.717, 1.165) is 12.1 Å². The number of nitrogens with zero attached hydrogens (tertiary/aromatic N) is 4. The fraction of sp³-hybridized carbons (Fsp3) is 0.125. The van der Waals surface area contributed by atoms with Crippen LogP contribution in [-0.4, -0.2) is 32.8 Å². The van der Waals surface area contributed by atoms with Crippen LogP contribution in [0.1, 0.15) is 16.1 Å². The zero-order valence-electron chi connectivity index (χ0n) is 12.6. The molecule has 0 aliphatic carbocycles. The molecule has 24 heavy (non-hydrogen) atoms. The first-order chi connectivity index (χ1) is 11.5. The number of hydrogen-bond acceptors (Lipinski definition) is 5. The monoisotopic (exact) mass is 346 g/mol. The lowest BCUT2D eigenvalue weighted by atomic mass is 10.2. The van der Waals surface area contributed by atoms with Gasteiger partial charge in [0.15, 0.2) is 0 Å². The molecule has 0 fully saturated rings. The van der Waals surface area contributed by atoms with Gasteiger partial charge in [-0.25, -0.2) is 13.8 Å². The van der Waals surface area contributed by atoms with Gasteiger partial charge in [-0.3, -0.25) is 14.8 Å². The van der Waals surface area contributed by atoms with E-state index >= 15 is 0 Å². The molecule has 0 aliphatic heterocycles. The van der Waals surface area contributed by atoms with E-state index in [1.807, 2.05) is 0 Å². The quantitative estimate of drug-likeness (QED) is 0.728. The first-order valence-corrected chi connectivity index (χ1v) is 7.84. The third kappa shape index (κ3) is 3.43. The van der Waals surface area contributed by atoms with Crippen LogP contribution in [0.5, 0.6) is 0 Å². The van der Waals surface area contributed by atoms with Gasteiger partial charge < -0.3 is 4.90 Å². The van der Waals surface area contributed by atoms with Gasteiger partial charge >= 0.3 is 0 Å². The summed E-state index contributed by atoms with van der Waals surface area (Å²) < 4.78 is 26.6. The lowest BCUT2D eigenvalue weighted by molar-refractivity contribution is 0.0779. The number of amides is 1. The molecule has 3 rings (SSSR count). The Balaban J connectivity index is 1.75. The zero-order chi connectivity index (χ0) is 17.1. The number of aromatic nitrogens is 3. The highest BCUT2D eigenvalue weighted by Gasteiger charge is 2.18. The molecule has 0 saturated heterocycles. The summed E-state index contributed by atoms with van der Waals surface area (Å²) in [5.41, 5.74) is 1.05. The molecule has 122 valence electrons. The van der Waals surface area contributed by atoms with E-state index in [-0.39, 0.29) is 23.7 Å². The summed E-state index contributed by atoms with van der Waals surface area (Å²) in [5.74, 6) is -1.70. The Morgan fingerprint density at radius 3 is 2.83 bits per heavy atom. The maximum atomic E-state index is 13.7. The summed E-state index contributed by atoms with van der Waals surface area (Å²) >= 11 is 1.28. The summed E-state index contributed by atoms with van der Waals surface area (Å²) in [7, 11) is 1.53. The van der Waals surface area contributed by atoms with Gasteiger partial charge in [0.05, 0.1) is 6.20 Å². The third-order valence-corrected chi connectivity index (χ3v) is 4.14. The Morgan fingerprint density at radius 2 is 2.12 bits per heavy atom. The zero-order valence-corrected chi connectivity index (χ0v) is 13.4. The molecule has 3 aromatic rings. The Hall–Kier alpha value is -2.74. The van der Waals surface area contributed by atoms with E-state index in [1.54, 1.807) is 24.0 Å². The van der Waals surface area contributed by atoms with Crippen LogP contribution in [0.15, 0.2) is 42.2 Å². The number of thiazole rings is 1. The minimum Gasteiger partial charge on any atom is -0.336 e. The summed E-state index contributed by atoms with van der Waals surface area (Å²) in [4.78, 5) is 26.1. The molecular formula is C16H12F2N4OS. The standard InChI is InChI=1S/C16H12F2N4OS/c1-22(8-10-2-3-11(17)6-12(10)18)16(23)14-9-24-15(21-14)13-7-19-4-5-20-13/h2-7,9H,8H2,1H3. The van der Waals surface area contributed by atoms with Crippen molar-refractivity contribution in [3.05, 3.63) is 65.1 Å². The van der Waals surface area contributed by atoms with Crippen LogP contribution in [0, 0.1) is 11.6 Å². The van der Waals surface area contributed by atoms with E-state index < -0.39 is 11.6 Å². The third-order valence-electron chi connectivity index (χ3n) is 3.27. The molecular weight excluding hydrogens is 334 g/mol. The van der Waals surface area contributed by atoms with Gasteiger partial charge in [-0.15, -0.1) is 11.3 Å². The first kappa shape index (κ1) is 16.1. The maximum absolute atomic E-state index is 13.7. The molecule has 0 spiro atoms. The van der Waals surface area contributed by atoms with Crippen molar-refractivity contribution >= 4 is 17.2 Å². The maximum Gasteiger partial charge on any atom is 0.273 e. The first-order valence-electron chi connectivity index (χ1n) is 6.96. The van der Waals surface area contributed by atoms with E-state index in [2.05, 4.69) is 15.0 Å². The molecule has 2 heterocycles. The predicted molar refractivity (Wildman–Crippen MR) is 85.3 cm³/mol. The van der Waals surface area contributed by atoms with Crippen LogP contribution in [-0.2, 0) is 6.54 Å². The highest BCUT2D eigenvalue weighted by molar-refractivity contribution is 7.13. The molecule has 8 heteroatoms. The van der Waals surface area contributed by atoms with Crippen LogP contribution < -0.4 is 0 Å². The second kappa shape index (κ2) is 6.79. The molecule has 2 aromatic heterocycles.